The summed E-state index contributed by atoms with van der Waals surface area (Å²) in [6.07, 6.45) is 0. The second-order valence-corrected chi connectivity index (χ2v) is 4.21. The zero-order chi connectivity index (χ0) is 9.97. The molecule has 2 aromatic rings. The average molecular weight is 222 g/mol. The molecule has 0 aliphatic heterocycles. The van der Waals surface area contributed by atoms with E-state index in [9.17, 15) is 0 Å². The Morgan fingerprint density at radius 1 is 1.43 bits per heavy atom. The van der Waals surface area contributed by atoms with E-state index in [4.69, 9.17) is 0 Å². The van der Waals surface area contributed by atoms with Crippen LogP contribution in [-0.4, -0.2) is 9.97 Å². The molecule has 0 aromatic carbocycles. The summed E-state index contributed by atoms with van der Waals surface area (Å²) in [7, 11) is 0. The maximum atomic E-state index is 4.42. The van der Waals surface area contributed by atoms with Crippen molar-refractivity contribution in [1.29, 1.82) is 0 Å². The number of hydrogen-bond acceptors (Lipinski definition) is 4. The first-order valence-electron chi connectivity index (χ1n) is 4.29. The fourth-order valence-corrected chi connectivity index (χ4v) is 2.08. The van der Waals surface area contributed by atoms with Gasteiger partial charge in [-0.15, -0.1) is 11.3 Å². The molecule has 0 unspecified atom stereocenters. The van der Waals surface area contributed by atoms with Crippen LogP contribution >= 0.6 is 24.0 Å². The molecule has 0 N–H and O–H groups in total. The lowest BCUT2D eigenvalue weighted by Gasteiger charge is -2.01. The molecule has 72 valence electrons. The minimum absolute atomic E-state index is 0.583. The standard InChI is InChI=1S/C10H10N2S2/c1-7-5-8(9-3-2-4-14-9)12-10(6-13)11-7/h2-5,13H,6H2,1H3. The van der Waals surface area contributed by atoms with Gasteiger partial charge >= 0.3 is 0 Å². The van der Waals surface area contributed by atoms with Gasteiger partial charge in [-0.25, -0.2) is 9.97 Å². The molecule has 0 aliphatic carbocycles. The highest BCUT2D eigenvalue weighted by molar-refractivity contribution is 7.79. The number of thiol groups is 1. The van der Waals surface area contributed by atoms with E-state index in [1.165, 1.54) is 4.88 Å². The number of rotatable bonds is 2. The highest BCUT2D eigenvalue weighted by Gasteiger charge is 2.03. The summed E-state index contributed by atoms with van der Waals surface area (Å²) < 4.78 is 0. The second-order valence-electron chi connectivity index (χ2n) is 2.95. The fraction of sp³-hybridized carbons (Fsp3) is 0.200. The SMILES string of the molecule is Cc1cc(-c2cccs2)nc(CS)n1. The Morgan fingerprint density at radius 2 is 2.29 bits per heavy atom. The molecule has 2 heterocycles. The van der Waals surface area contributed by atoms with E-state index in [1.807, 2.05) is 24.4 Å². The van der Waals surface area contributed by atoms with Crippen molar-refractivity contribution in [2.24, 2.45) is 0 Å². The summed E-state index contributed by atoms with van der Waals surface area (Å²) in [5, 5.41) is 2.05. The molecule has 4 heteroatoms. The van der Waals surface area contributed by atoms with Gasteiger partial charge in [0.25, 0.3) is 0 Å². The van der Waals surface area contributed by atoms with Crippen LogP contribution in [0, 0.1) is 6.92 Å². The summed E-state index contributed by atoms with van der Waals surface area (Å²) in [6, 6.07) is 6.09. The molecule has 14 heavy (non-hydrogen) atoms. The molecule has 0 spiro atoms. The maximum Gasteiger partial charge on any atom is 0.138 e. The van der Waals surface area contributed by atoms with Crippen LogP contribution in [0.25, 0.3) is 10.6 Å². The summed E-state index contributed by atoms with van der Waals surface area (Å²) in [5.41, 5.74) is 1.99. The first-order chi connectivity index (χ1) is 6.79. The van der Waals surface area contributed by atoms with Gasteiger partial charge in [0, 0.05) is 5.69 Å². The van der Waals surface area contributed by atoms with E-state index in [0.29, 0.717) is 5.75 Å². The van der Waals surface area contributed by atoms with E-state index in [2.05, 4.69) is 28.7 Å². The molecule has 0 saturated heterocycles. The van der Waals surface area contributed by atoms with Crippen LogP contribution in [0.5, 0.6) is 0 Å². The predicted molar refractivity (Wildman–Crippen MR) is 62.8 cm³/mol. The van der Waals surface area contributed by atoms with Gasteiger partial charge in [0.15, 0.2) is 0 Å². The summed E-state index contributed by atoms with van der Waals surface area (Å²) in [6.45, 7) is 1.98. The van der Waals surface area contributed by atoms with Crippen molar-refractivity contribution < 1.29 is 0 Å². The smallest absolute Gasteiger partial charge is 0.138 e. The molecule has 0 saturated carbocycles. The van der Waals surface area contributed by atoms with Crippen molar-refractivity contribution in [2.75, 3.05) is 0 Å². The molecular weight excluding hydrogens is 212 g/mol. The summed E-state index contributed by atoms with van der Waals surface area (Å²) in [4.78, 5) is 9.88. The molecule has 0 bridgehead atoms. The quantitative estimate of drug-likeness (QED) is 0.791. The third kappa shape index (κ3) is 1.96. The Bertz CT molecular complexity index is 424. The number of nitrogens with zero attached hydrogens (tertiary/aromatic N) is 2. The maximum absolute atomic E-state index is 4.42. The van der Waals surface area contributed by atoms with Crippen LogP contribution < -0.4 is 0 Å². The van der Waals surface area contributed by atoms with Crippen molar-refractivity contribution >= 4 is 24.0 Å². The molecule has 0 atom stereocenters. The predicted octanol–water partition coefficient (Wildman–Crippen LogP) is 2.94. The number of hydrogen-bond donors (Lipinski definition) is 1. The van der Waals surface area contributed by atoms with Gasteiger partial charge in [-0.2, -0.15) is 12.6 Å². The second kappa shape index (κ2) is 4.11. The van der Waals surface area contributed by atoms with Crippen LogP contribution in [-0.2, 0) is 5.75 Å². The molecule has 0 amide bonds. The highest BCUT2D eigenvalue weighted by Crippen LogP contribution is 2.23. The van der Waals surface area contributed by atoms with E-state index in [-0.39, 0.29) is 0 Å². The summed E-state index contributed by atoms with van der Waals surface area (Å²) in [5.74, 6) is 1.37. The zero-order valence-corrected chi connectivity index (χ0v) is 9.48. The van der Waals surface area contributed by atoms with Gasteiger partial charge in [0.05, 0.1) is 16.3 Å². The monoisotopic (exact) mass is 222 g/mol. The summed E-state index contributed by atoms with van der Waals surface area (Å²) >= 11 is 5.87. The van der Waals surface area contributed by atoms with Gasteiger partial charge < -0.3 is 0 Å². The Hall–Kier alpha value is -0.870. The van der Waals surface area contributed by atoms with Crippen molar-refractivity contribution in [1.82, 2.24) is 9.97 Å². The van der Waals surface area contributed by atoms with Gasteiger partial charge in [-0.3, -0.25) is 0 Å². The van der Waals surface area contributed by atoms with Gasteiger partial charge in [0.2, 0.25) is 0 Å². The van der Waals surface area contributed by atoms with Crippen LogP contribution in [0.15, 0.2) is 23.6 Å². The van der Waals surface area contributed by atoms with Gasteiger partial charge in [0.1, 0.15) is 5.82 Å². The van der Waals surface area contributed by atoms with Crippen molar-refractivity contribution in [3.05, 3.63) is 35.1 Å². The van der Waals surface area contributed by atoms with Crippen LogP contribution in [0.3, 0.4) is 0 Å². The molecule has 2 nitrogen and oxygen atoms in total. The lowest BCUT2D eigenvalue weighted by atomic mass is 10.3. The molecular formula is C10H10N2S2. The Balaban J connectivity index is 2.48. The lowest BCUT2D eigenvalue weighted by molar-refractivity contribution is 1.00. The average Bonchev–Trinajstić information content (AvgIpc) is 2.69. The van der Waals surface area contributed by atoms with E-state index in [1.54, 1.807) is 11.3 Å². The van der Waals surface area contributed by atoms with Crippen LogP contribution in [0.1, 0.15) is 11.5 Å². The number of aryl methyl sites for hydroxylation is 1. The van der Waals surface area contributed by atoms with Crippen molar-refractivity contribution in [3.63, 3.8) is 0 Å². The highest BCUT2D eigenvalue weighted by atomic mass is 32.1. The zero-order valence-electron chi connectivity index (χ0n) is 7.77. The molecule has 0 aliphatic rings. The van der Waals surface area contributed by atoms with E-state index >= 15 is 0 Å². The van der Waals surface area contributed by atoms with Gasteiger partial charge in [-0.05, 0) is 24.4 Å². The minimum Gasteiger partial charge on any atom is -0.237 e. The first kappa shape index (κ1) is 9.68. The number of thiophene rings is 1. The number of aromatic nitrogens is 2. The van der Waals surface area contributed by atoms with Crippen LogP contribution in [0.2, 0.25) is 0 Å². The topological polar surface area (TPSA) is 25.8 Å². The van der Waals surface area contributed by atoms with E-state index < -0.39 is 0 Å². The van der Waals surface area contributed by atoms with Crippen molar-refractivity contribution in [2.45, 2.75) is 12.7 Å². The molecule has 2 aromatic heterocycles. The Labute approximate surface area is 92.5 Å². The largest absolute Gasteiger partial charge is 0.237 e. The van der Waals surface area contributed by atoms with Crippen LogP contribution in [0.4, 0.5) is 0 Å². The third-order valence-corrected chi connectivity index (χ3v) is 2.99. The molecule has 0 fully saturated rings. The minimum atomic E-state index is 0.583. The van der Waals surface area contributed by atoms with Crippen molar-refractivity contribution in [3.8, 4) is 10.6 Å². The molecule has 0 radical (unpaired) electrons. The van der Waals surface area contributed by atoms with Gasteiger partial charge in [-0.1, -0.05) is 6.07 Å². The normalized spacial score (nSPS) is 10.4. The first-order valence-corrected chi connectivity index (χ1v) is 5.80. The lowest BCUT2D eigenvalue weighted by Crippen LogP contribution is -1.95. The fourth-order valence-electron chi connectivity index (χ4n) is 1.25. The molecule has 2 rings (SSSR count). The van der Waals surface area contributed by atoms with E-state index in [0.717, 1.165) is 17.2 Å². The Kier molecular flexibility index (Phi) is 2.84. The Morgan fingerprint density at radius 3 is 2.93 bits per heavy atom. The third-order valence-electron chi connectivity index (χ3n) is 1.82.